The van der Waals surface area contributed by atoms with E-state index in [4.69, 9.17) is 5.11 Å². The van der Waals surface area contributed by atoms with Crippen LogP contribution < -0.4 is 0 Å². The van der Waals surface area contributed by atoms with Crippen LogP contribution >= 0.6 is 0 Å². The Morgan fingerprint density at radius 3 is 2.82 bits per heavy atom. The summed E-state index contributed by atoms with van der Waals surface area (Å²) in [5, 5.41) is 8.58. The highest BCUT2D eigenvalue weighted by Crippen LogP contribution is 2.07. The van der Waals surface area contributed by atoms with E-state index in [1.54, 1.807) is 12.5 Å². The number of hydrogen-bond donors (Lipinski definition) is 1. The SMILES string of the molecule is O=C(O)/C=C/c1cncn1Cc1ccccc1. The second kappa shape index (κ2) is 5.12. The van der Waals surface area contributed by atoms with Crippen molar-refractivity contribution in [3.8, 4) is 0 Å². The van der Waals surface area contributed by atoms with Crippen molar-refractivity contribution in [1.29, 1.82) is 0 Å². The van der Waals surface area contributed by atoms with E-state index in [0.29, 0.717) is 6.54 Å². The second-order valence-electron chi connectivity index (χ2n) is 3.60. The summed E-state index contributed by atoms with van der Waals surface area (Å²) in [5.41, 5.74) is 1.92. The van der Waals surface area contributed by atoms with Gasteiger partial charge in [-0.15, -0.1) is 0 Å². The number of aliphatic carboxylic acids is 1. The standard InChI is InChI=1S/C13H12N2O2/c16-13(17)7-6-12-8-14-10-15(12)9-11-4-2-1-3-5-11/h1-8,10H,9H2,(H,16,17)/b7-6+. The lowest BCUT2D eigenvalue weighted by atomic mass is 10.2. The summed E-state index contributed by atoms with van der Waals surface area (Å²) in [7, 11) is 0. The lowest BCUT2D eigenvalue weighted by molar-refractivity contribution is -0.131. The van der Waals surface area contributed by atoms with E-state index in [9.17, 15) is 4.79 Å². The van der Waals surface area contributed by atoms with Gasteiger partial charge in [-0.05, 0) is 11.6 Å². The lowest BCUT2D eigenvalue weighted by Gasteiger charge is -2.04. The highest BCUT2D eigenvalue weighted by molar-refractivity contribution is 5.84. The Bertz CT molecular complexity index is 529. The first-order valence-electron chi connectivity index (χ1n) is 5.21. The number of benzene rings is 1. The molecule has 1 heterocycles. The zero-order valence-electron chi connectivity index (χ0n) is 9.15. The number of rotatable bonds is 4. The number of nitrogens with zero attached hydrogens (tertiary/aromatic N) is 2. The molecule has 2 rings (SSSR count). The van der Waals surface area contributed by atoms with Crippen LogP contribution in [0.25, 0.3) is 6.08 Å². The molecule has 0 aliphatic heterocycles. The third-order valence-corrected chi connectivity index (χ3v) is 2.34. The fourth-order valence-corrected chi connectivity index (χ4v) is 1.54. The fourth-order valence-electron chi connectivity index (χ4n) is 1.54. The van der Waals surface area contributed by atoms with Gasteiger partial charge in [0.1, 0.15) is 0 Å². The van der Waals surface area contributed by atoms with Crippen molar-refractivity contribution >= 4 is 12.0 Å². The number of carboxylic acids is 1. The normalized spacial score (nSPS) is 10.8. The second-order valence-corrected chi connectivity index (χ2v) is 3.60. The van der Waals surface area contributed by atoms with Crippen molar-refractivity contribution in [3.63, 3.8) is 0 Å². The maximum Gasteiger partial charge on any atom is 0.328 e. The van der Waals surface area contributed by atoms with Gasteiger partial charge in [0.15, 0.2) is 0 Å². The van der Waals surface area contributed by atoms with Crippen molar-refractivity contribution in [2.45, 2.75) is 6.54 Å². The first-order chi connectivity index (χ1) is 8.25. The maximum absolute atomic E-state index is 10.4. The number of carbonyl (C=O) groups is 1. The van der Waals surface area contributed by atoms with E-state index < -0.39 is 5.97 Å². The molecule has 0 spiro atoms. The molecule has 1 N–H and O–H groups in total. The number of aromatic nitrogens is 2. The van der Waals surface area contributed by atoms with Gasteiger partial charge in [0.05, 0.1) is 18.2 Å². The molecule has 4 heteroatoms. The van der Waals surface area contributed by atoms with Gasteiger partial charge in [0.2, 0.25) is 0 Å². The van der Waals surface area contributed by atoms with E-state index in [1.165, 1.54) is 6.08 Å². The molecular formula is C13H12N2O2. The van der Waals surface area contributed by atoms with Gasteiger partial charge in [-0.2, -0.15) is 0 Å². The fraction of sp³-hybridized carbons (Fsp3) is 0.0769. The van der Waals surface area contributed by atoms with Crippen LogP contribution in [0.2, 0.25) is 0 Å². The van der Waals surface area contributed by atoms with Crippen molar-refractivity contribution in [2.24, 2.45) is 0 Å². The Morgan fingerprint density at radius 1 is 1.35 bits per heavy atom. The predicted octanol–water partition coefficient (Wildman–Crippen LogP) is 2.03. The van der Waals surface area contributed by atoms with E-state index >= 15 is 0 Å². The minimum Gasteiger partial charge on any atom is -0.478 e. The molecule has 0 aliphatic rings. The maximum atomic E-state index is 10.4. The topological polar surface area (TPSA) is 55.1 Å². The minimum atomic E-state index is -0.961. The third-order valence-electron chi connectivity index (χ3n) is 2.34. The predicted molar refractivity (Wildman–Crippen MR) is 64.4 cm³/mol. The molecule has 1 aromatic carbocycles. The van der Waals surface area contributed by atoms with Crippen LogP contribution in [-0.4, -0.2) is 20.6 Å². The molecule has 0 atom stereocenters. The van der Waals surface area contributed by atoms with Crippen LogP contribution in [0.5, 0.6) is 0 Å². The molecule has 0 unspecified atom stereocenters. The van der Waals surface area contributed by atoms with Crippen LogP contribution in [0.3, 0.4) is 0 Å². The Morgan fingerprint density at radius 2 is 2.12 bits per heavy atom. The summed E-state index contributed by atoms with van der Waals surface area (Å²) in [5.74, 6) is -0.961. The summed E-state index contributed by atoms with van der Waals surface area (Å²) in [4.78, 5) is 14.5. The van der Waals surface area contributed by atoms with Crippen LogP contribution in [-0.2, 0) is 11.3 Å². The monoisotopic (exact) mass is 228 g/mol. The highest BCUT2D eigenvalue weighted by atomic mass is 16.4. The largest absolute Gasteiger partial charge is 0.478 e. The molecule has 0 saturated heterocycles. The summed E-state index contributed by atoms with van der Waals surface area (Å²) in [6, 6.07) is 9.94. The van der Waals surface area contributed by atoms with Gasteiger partial charge in [-0.25, -0.2) is 9.78 Å². The molecule has 0 radical (unpaired) electrons. The van der Waals surface area contributed by atoms with Gasteiger partial charge in [-0.3, -0.25) is 0 Å². The minimum absolute atomic E-state index is 0.681. The van der Waals surface area contributed by atoms with Crippen LogP contribution in [0.15, 0.2) is 48.9 Å². The van der Waals surface area contributed by atoms with E-state index in [1.807, 2.05) is 34.9 Å². The van der Waals surface area contributed by atoms with Gasteiger partial charge >= 0.3 is 5.97 Å². The van der Waals surface area contributed by atoms with Gasteiger partial charge in [-0.1, -0.05) is 30.3 Å². The van der Waals surface area contributed by atoms with Crippen molar-refractivity contribution in [3.05, 3.63) is 60.2 Å². The zero-order valence-corrected chi connectivity index (χ0v) is 9.15. The van der Waals surface area contributed by atoms with Gasteiger partial charge in [0.25, 0.3) is 0 Å². The molecular weight excluding hydrogens is 216 g/mol. The summed E-state index contributed by atoms with van der Waals surface area (Å²) in [6.45, 7) is 0.681. The highest BCUT2D eigenvalue weighted by Gasteiger charge is 2.00. The lowest BCUT2D eigenvalue weighted by Crippen LogP contribution is -2.00. The summed E-state index contributed by atoms with van der Waals surface area (Å²) >= 11 is 0. The van der Waals surface area contributed by atoms with Crippen LogP contribution in [0, 0.1) is 0 Å². The van der Waals surface area contributed by atoms with Crippen molar-refractivity contribution in [1.82, 2.24) is 9.55 Å². The molecule has 17 heavy (non-hydrogen) atoms. The smallest absolute Gasteiger partial charge is 0.328 e. The van der Waals surface area contributed by atoms with E-state index in [-0.39, 0.29) is 0 Å². The van der Waals surface area contributed by atoms with E-state index in [2.05, 4.69) is 4.98 Å². The molecule has 2 aromatic rings. The molecule has 86 valence electrons. The number of carboxylic acid groups (broad SMARTS) is 1. The Hall–Kier alpha value is -2.36. The van der Waals surface area contributed by atoms with E-state index in [0.717, 1.165) is 17.3 Å². The Labute approximate surface area is 98.9 Å². The average molecular weight is 228 g/mol. The molecule has 0 amide bonds. The molecule has 0 fully saturated rings. The van der Waals surface area contributed by atoms with Gasteiger partial charge in [0, 0.05) is 12.6 Å². The molecule has 4 nitrogen and oxygen atoms in total. The molecule has 0 saturated carbocycles. The summed E-state index contributed by atoms with van der Waals surface area (Å²) in [6.07, 6.45) is 5.98. The Balaban J connectivity index is 2.17. The first kappa shape index (κ1) is 11.1. The number of hydrogen-bond acceptors (Lipinski definition) is 2. The van der Waals surface area contributed by atoms with Crippen LogP contribution in [0.1, 0.15) is 11.3 Å². The van der Waals surface area contributed by atoms with Crippen molar-refractivity contribution in [2.75, 3.05) is 0 Å². The Kier molecular flexibility index (Phi) is 3.35. The number of imidazole rings is 1. The van der Waals surface area contributed by atoms with Gasteiger partial charge < -0.3 is 9.67 Å². The molecule has 1 aromatic heterocycles. The zero-order chi connectivity index (χ0) is 12.1. The quantitative estimate of drug-likeness (QED) is 0.814. The van der Waals surface area contributed by atoms with Crippen LogP contribution in [0.4, 0.5) is 0 Å². The molecule has 0 aliphatic carbocycles. The first-order valence-corrected chi connectivity index (χ1v) is 5.21. The average Bonchev–Trinajstić information content (AvgIpc) is 2.75. The van der Waals surface area contributed by atoms with Crippen molar-refractivity contribution < 1.29 is 9.90 Å². The third kappa shape index (κ3) is 3.04. The molecule has 0 bridgehead atoms. The summed E-state index contributed by atoms with van der Waals surface area (Å²) < 4.78 is 1.90.